The molecule has 0 radical (unpaired) electrons. The van der Waals surface area contributed by atoms with Crippen LogP contribution in [-0.2, 0) is 0 Å². The molecule has 98 valence electrons. The first kappa shape index (κ1) is 12.7. The third kappa shape index (κ3) is 3.13. The number of carbonyl (C=O) groups is 1. The maximum Gasteiger partial charge on any atom is 0.248 e. The second-order valence-electron chi connectivity index (χ2n) is 4.80. The summed E-state index contributed by atoms with van der Waals surface area (Å²) >= 11 is 0. The van der Waals surface area contributed by atoms with Gasteiger partial charge in [-0.2, -0.15) is 0 Å². The molecule has 5 nitrogen and oxygen atoms in total. The molecule has 0 aromatic heterocycles. The largest absolute Gasteiger partial charge is 0.397 e. The zero-order valence-electron chi connectivity index (χ0n) is 10.6. The zero-order valence-corrected chi connectivity index (χ0v) is 10.6. The van der Waals surface area contributed by atoms with Crippen molar-refractivity contribution in [1.82, 2.24) is 4.90 Å². The molecule has 1 saturated carbocycles. The summed E-state index contributed by atoms with van der Waals surface area (Å²) in [5.41, 5.74) is 12.9. The Morgan fingerprint density at radius 1 is 1.50 bits per heavy atom. The normalized spacial score (nSPS) is 14.8. The van der Waals surface area contributed by atoms with Crippen LogP contribution in [0.4, 0.5) is 11.4 Å². The first-order valence-electron chi connectivity index (χ1n) is 6.21. The summed E-state index contributed by atoms with van der Waals surface area (Å²) in [5, 5.41) is 3.27. The highest BCUT2D eigenvalue weighted by Gasteiger charge is 2.25. The van der Waals surface area contributed by atoms with E-state index in [1.807, 2.05) is 0 Å². The van der Waals surface area contributed by atoms with E-state index in [-0.39, 0.29) is 0 Å². The van der Waals surface area contributed by atoms with Crippen LogP contribution in [0.1, 0.15) is 23.2 Å². The molecular weight excluding hydrogens is 228 g/mol. The van der Waals surface area contributed by atoms with Crippen molar-refractivity contribution in [3.8, 4) is 0 Å². The van der Waals surface area contributed by atoms with E-state index in [0.717, 1.165) is 24.8 Å². The SMILES string of the molecule is CN(CCNc1ccc(C(N)=O)cc1N)C1CC1. The lowest BCUT2D eigenvalue weighted by Crippen LogP contribution is -2.27. The number of amides is 1. The number of benzene rings is 1. The monoisotopic (exact) mass is 248 g/mol. The van der Waals surface area contributed by atoms with Crippen molar-refractivity contribution in [2.75, 3.05) is 31.2 Å². The number of hydrogen-bond acceptors (Lipinski definition) is 4. The predicted octanol–water partition coefficient (Wildman–Crippen LogP) is 0.874. The Kier molecular flexibility index (Phi) is 3.72. The van der Waals surface area contributed by atoms with Crippen LogP contribution in [0.15, 0.2) is 18.2 Å². The first-order chi connectivity index (χ1) is 8.58. The Balaban J connectivity index is 1.86. The number of nitrogen functional groups attached to an aromatic ring is 1. The smallest absolute Gasteiger partial charge is 0.248 e. The van der Waals surface area contributed by atoms with E-state index in [2.05, 4.69) is 17.3 Å². The van der Waals surface area contributed by atoms with Crippen molar-refractivity contribution in [2.24, 2.45) is 5.73 Å². The number of likely N-dealkylation sites (N-methyl/N-ethyl adjacent to an activating group) is 1. The maximum absolute atomic E-state index is 11.0. The van der Waals surface area contributed by atoms with Crippen LogP contribution in [0.2, 0.25) is 0 Å². The van der Waals surface area contributed by atoms with E-state index in [0.29, 0.717) is 11.3 Å². The van der Waals surface area contributed by atoms with Gasteiger partial charge in [-0.15, -0.1) is 0 Å². The van der Waals surface area contributed by atoms with E-state index in [1.165, 1.54) is 12.8 Å². The van der Waals surface area contributed by atoms with Crippen LogP contribution in [-0.4, -0.2) is 37.0 Å². The van der Waals surface area contributed by atoms with Crippen LogP contribution in [0.5, 0.6) is 0 Å². The molecule has 1 aromatic carbocycles. The fourth-order valence-electron chi connectivity index (χ4n) is 1.94. The summed E-state index contributed by atoms with van der Waals surface area (Å²) in [7, 11) is 2.14. The second kappa shape index (κ2) is 5.27. The molecule has 0 unspecified atom stereocenters. The summed E-state index contributed by atoms with van der Waals surface area (Å²) in [6, 6.07) is 5.86. The van der Waals surface area contributed by atoms with E-state index < -0.39 is 5.91 Å². The number of nitrogens with two attached hydrogens (primary N) is 2. The van der Waals surface area contributed by atoms with Crippen LogP contribution < -0.4 is 16.8 Å². The lowest BCUT2D eigenvalue weighted by atomic mass is 10.1. The number of nitrogens with zero attached hydrogens (tertiary/aromatic N) is 1. The molecule has 5 N–H and O–H groups in total. The lowest BCUT2D eigenvalue weighted by Gasteiger charge is -2.17. The summed E-state index contributed by atoms with van der Waals surface area (Å²) in [5.74, 6) is -0.457. The van der Waals surface area contributed by atoms with Gasteiger partial charge in [-0.3, -0.25) is 4.79 Å². The van der Waals surface area contributed by atoms with Crippen LogP contribution in [0, 0.1) is 0 Å². The Morgan fingerprint density at radius 2 is 2.22 bits per heavy atom. The van der Waals surface area contributed by atoms with Gasteiger partial charge in [0.05, 0.1) is 11.4 Å². The van der Waals surface area contributed by atoms with Gasteiger partial charge in [0.25, 0.3) is 0 Å². The van der Waals surface area contributed by atoms with E-state index in [1.54, 1.807) is 18.2 Å². The Morgan fingerprint density at radius 3 is 2.78 bits per heavy atom. The highest BCUT2D eigenvalue weighted by Crippen LogP contribution is 2.25. The van der Waals surface area contributed by atoms with Gasteiger partial charge in [0.15, 0.2) is 0 Å². The van der Waals surface area contributed by atoms with Crippen molar-refractivity contribution >= 4 is 17.3 Å². The highest BCUT2D eigenvalue weighted by molar-refractivity contribution is 5.94. The van der Waals surface area contributed by atoms with Crippen molar-refractivity contribution in [3.63, 3.8) is 0 Å². The van der Waals surface area contributed by atoms with Crippen molar-refractivity contribution in [2.45, 2.75) is 18.9 Å². The molecule has 1 amide bonds. The van der Waals surface area contributed by atoms with Gasteiger partial charge in [0.1, 0.15) is 0 Å². The predicted molar refractivity (Wildman–Crippen MR) is 73.5 cm³/mol. The van der Waals surface area contributed by atoms with Crippen LogP contribution in [0.25, 0.3) is 0 Å². The van der Waals surface area contributed by atoms with Crippen molar-refractivity contribution < 1.29 is 4.79 Å². The van der Waals surface area contributed by atoms with Crippen LogP contribution >= 0.6 is 0 Å². The van der Waals surface area contributed by atoms with Gasteiger partial charge >= 0.3 is 0 Å². The molecule has 5 heteroatoms. The van der Waals surface area contributed by atoms with E-state index in [4.69, 9.17) is 11.5 Å². The first-order valence-corrected chi connectivity index (χ1v) is 6.21. The fourth-order valence-corrected chi connectivity index (χ4v) is 1.94. The fraction of sp³-hybridized carbons (Fsp3) is 0.462. The summed E-state index contributed by atoms with van der Waals surface area (Å²) in [6.07, 6.45) is 2.62. The maximum atomic E-state index is 11.0. The molecule has 18 heavy (non-hydrogen) atoms. The van der Waals surface area contributed by atoms with Crippen molar-refractivity contribution in [3.05, 3.63) is 23.8 Å². The molecule has 0 aliphatic heterocycles. The molecule has 2 rings (SSSR count). The summed E-state index contributed by atoms with van der Waals surface area (Å²) in [4.78, 5) is 13.3. The molecule has 0 saturated heterocycles. The molecule has 0 atom stereocenters. The second-order valence-corrected chi connectivity index (χ2v) is 4.80. The molecule has 1 aliphatic carbocycles. The number of rotatable bonds is 6. The minimum absolute atomic E-state index is 0.438. The molecule has 0 spiro atoms. The quantitative estimate of drug-likeness (QED) is 0.652. The van der Waals surface area contributed by atoms with Gasteiger partial charge in [0, 0.05) is 24.7 Å². The standard InChI is InChI=1S/C13H20N4O/c1-17(10-3-4-10)7-6-16-12-5-2-9(13(15)18)8-11(12)14/h2,5,8,10,16H,3-4,6-7,14H2,1H3,(H2,15,18). The number of anilines is 2. The average molecular weight is 248 g/mol. The number of nitrogens with one attached hydrogen (secondary N) is 1. The molecule has 1 aliphatic rings. The molecule has 0 heterocycles. The number of primary amides is 1. The van der Waals surface area contributed by atoms with Crippen LogP contribution in [0.3, 0.4) is 0 Å². The lowest BCUT2D eigenvalue weighted by molar-refractivity contribution is 0.100. The van der Waals surface area contributed by atoms with Gasteiger partial charge in [-0.25, -0.2) is 0 Å². The summed E-state index contributed by atoms with van der Waals surface area (Å²) in [6.45, 7) is 1.83. The molecule has 0 bridgehead atoms. The van der Waals surface area contributed by atoms with Gasteiger partial charge in [-0.05, 0) is 38.1 Å². The molecule has 1 aromatic rings. The third-order valence-electron chi connectivity index (χ3n) is 3.29. The zero-order chi connectivity index (χ0) is 13.1. The highest BCUT2D eigenvalue weighted by atomic mass is 16.1. The van der Waals surface area contributed by atoms with Crippen molar-refractivity contribution in [1.29, 1.82) is 0 Å². The van der Waals surface area contributed by atoms with E-state index >= 15 is 0 Å². The third-order valence-corrected chi connectivity index (χ3v) is 3.29. The molecular formula is C13H20N4O. The van der Waals surface area contributed by atoms with E-state index in [9.17, 15) is 4.79 Å². The number of carbonyl (C=O) groups excluding carboxylic acids is 1. The topological polar surface area (TPSA) is 84.4 Å². The average Bonchev–Trinajstić information content (AvgIpc) is 3.14. The summed E-state index contributed by atoms with van der Waals surface area (Å²) < 4.78 is 0. The Bertz CT molecular complexity index is 443. The molecule has 1 fully saturated rings. The minimum atomic E-state index is -0.457. The minimum Gasteiger partial charge on any atom is -0.397 e. The Labute approximate surface area is 107 Å². The van der Waals surface area contributed by atoms with Gasteiger partial charge in [0.2, 0.25) is 5.91 Å². The Hall–Kier alpha value is -1.75. The van der Waals surface area contributed by atoms with Gasteiger partial charge in [-0.1, -0.05) is 0 Å². The van der Waals surface area contributed by atoms with Gasteiger partial charge < -0.3 is 21.7 Å². The number of hydrogen-bond donors (Lipinski definition) is 3.